The molecule has 0 radical (unpaired) electrons. The molecule has 0 fully saturated rings. The number of carbonyl (C=O) groups is 1. The van der Waals surface area contributed by atoms with Crippen LogP contribution in [-0.4, -0.2) is 11.7 Å². The highest BCUT2D eigenvalue weighted by atomic mass is 16.1. The summed E-state index contributed by atoms with van der Waals surface area (Å²) in [5, 5.41) is 0. The number of amides is 1. The molecule has 0 aromatic heterocycles. The molecular weight excluding hydrogens is 152 g/mol. The summed E-state index contributed by atoms with van der Waals surface area (Å²) in [6.07, 6.45) is 0. The molecule has 1 aliphatic heterocycles. The van der Waals surface area contributed by atoms with Gasteiger partial charge in [-0.3, -0.25) is 4.79 Å². The Balaban J connectivity index is 2.68. The van der Waals surface area contributed by atoms with E-state index in [1.54, 1.807) is 6.07 Å². The molecule has 1 amide bonds. The van der Waals surface area contributed by atoms with Gasteiger partial charge in [0.1, 0.15) is 5.84 Å². The number of hydrogen-bond donors (Lipinski definition) is 1. The topological polar surface area (TPSA) is 55.5 Å². The third-order valence-electron chi connectivity index (χ3n) is 1.90. The Hall–Kier alpha value is -1.64. The molecule has 0 aliphatic carbocycles. The summed E-state index contributed by atoms with van der Waals surface area (Å²) in [5.41, 5.74) is 7.94. The number of carbonyl (C=O) groups excluding carboxylic acids is 1. The molecular formula is C9H8N2O. The second-order valence-electron chi connectivity index (χ2n) is 2.85. The number of amidine groups is 1. The zero-order chi connectivity index (χ0) is 8.72. The van der Waals surface area contributed by atoms with E-state index in [2.05, 4.69) is 4.99 Å². The normalized spacial score (nSPS) is 14.4. The van der Waals surface area contributed by atoms with E-state index in [0.717, 1.165) is 11.1 Å². The van der Waals surface area contributed by atoms with Crippen LogP contribution in [0.1, 0.15) is 21.5 Å². The number of rotatable bonds is 0. The van der Waals surface area contributed by atoms with Crippen molar-refractivity contribution < 1.29 is 4.79 Å². The second-order valence-corrected chi connectivity index (χ2v) is 2.85. The number of aryl methyl sites for hydroxylation is 1. The Morgan fingerprint density at radius 2 is 2.08 bits per heavy atom. The SMILES string of the molecule is Cc1ccc2c(c1)C(=O)N=C2N. The van der Waals surface area contributed by atoms with Gasteiger partial charge >= 0.3 is 0 Å². The van der Waals surface area contributed by atoms with Gasteiger partial charge in [-0.1, -0.05) is 17.7 Å². The predicted octanol–water partition coefficient (Wildman–Crippen LogP) is 0.854. The van der Waals surface area contributed by atoms with Crippen LogP contribution in [0.2, 0.25) is 0 Å². The van der Waals surface area contributed by atoms with Crippen molar-refractivity contribution in [2.45, 2.75) is 6.92 Å². The zero-order valence-corrected chi connectivity index (χ0v) is 6.66. The van der Waals surface area contributed by atoms with Crippen molar-refractivity contribution >= 4 is 11.7 Å². The number of nitrogens with zero attached hydrogens (tertiary/aromatic N) is 1. The van der Waals surface area contributed by atoms with E-state index in [0.29, 0.717) is 11.4 Å². The molecule has 1 aliphatic rings. The number of hydrogen-bond acceptors (Lipinski definition) is 2. The Bertz CT molecular complexity index is 394. The van der Waals surface area contributed by atoms with E-state index in [1.807, 2.05) is 19.1 Å². The maximum atomic E-state index is 11.2. The predicted molar refractivity (Wildman–Crippen MR) is 46.2 cm³/mol. The lowest BCUT2D eigenvalue weighted by Crippen LogP contribution is -2.10. The van der Waals surface area contributed by atoms with Crippen LogP contribution in [0.4, 0.5) is 0 Å². The summed E-state index contributed by atoms with van der Waals surface area (Å²) in [5.74, 6) is 0.0983. The number of nitrogens with two attached hydrogens (primary N) is 1. The number of fused-ring (bicyclic) bond motifs is 1. The quantitative estimate of drug-likeness (QED) is 0.611. The molecule has 0 bridgehead atoms. The van der Waals surface area contributed by atoms with Crippen molar-refractivity contribution in [2.75, 3.05) is 0 Å². The monoisotopic (exact) mass is 160 g/mol. The maximum Gasteiger partial charge on any atom is 0.279 e. The first-order chi connectivity index (χ1) is 5.68. The minimum absolute atomic E-state index is 0.230. The van der Waals surface area contributed by atoms with Gasteiger partial charge in [-0.2, -0.15) is 4.99 Å². The fourth-order valence-corrected chi connectivity index (χ4v) is 1.29. The van der Waals surface area contributed by atoms with E-state index in [-0.39, 0.29) is 5.91 Å². The molecule has 0 saturated heterocycles. The highest BCUT2D eigenvalue weighted by molar-refractivity contribution is 6.19. The van der Waals surface area contributed by atoms with E-state index < -0.39 is 0 Å². The lowest BCUT2D eigenvalue weighted by Gasteiger charge is -1.97. The summed E-state index contributed by atoms with van der Waals surface area (Å²) in [7, 11) is 0. The Kier molecular flexibility index (Phi) is 1.27. The van der Waals surface area contributed by atoms with Crippen LogP contribution >= 0.6 is 0 Å². The molecule has 2 rings (SSSR count). The van der Waals surface area contributed by atoms with E-state index in [4.69, 9.17) is 5.73 Å². The average molecular weight is 160 g/mol. The molecule has 0 spiro atoms. The molecule has 3 heteroatoms. The molecule has 3 nitrogen and oxygen atoms in total. The van der Waals surface area contributed by atoms with Crippen molar-refractivity contribution in [3.8, 4) is 0 Å². The first-order valence-electron chi connectivity index (χ1n) is 3.68. The summed E-state index contributed by atoms with van der Waals surface area (Å²) in [6, 6.07) is 5.55. The fourth-order valence-electron chi connectivity index (χ4n) is 1.29. The third-order valence-corrected chi connectivity index (χ3v) is 1.90. The molecule has 12 heavy (non-hydrogen) atoms. The Morgan fingerprint density at radius 1 is 1.33 bits per heavy atom. The van der Waals surface area contributed by atoms with Gasteiger partial charge in [-0.25, -0.2) is 0 Å². The fraction of sp³-hybridized carbons (Fsp3) is 0.111. The molecule has 0 unspecified atom stereocenters. The Labute approximate surface area is 69.9 Å². The maximum absolute atomic E-state index is 11.2. The van der Waals surface area contributed by atoms with Crippen molar-refractivity contribution in [2.24, 2.45) is 10.7 Å². The van der Waals surface area contributed by atoms with Crippen molar-refractivity contribution in [3.63, 3.8) is 0 Å². The van der Waals surface area contributed by atoms with Crippen LogP contribution in [-0.2, 0) is 0 Å². The van der Waals surface area contributed by atoms with Crippen LogP contribution in [0.5, 0.6) is 0 Å². The molecule has 1 aromatic rings. The van der Waals surface area contributed by atoms with Gasteiger partial charge in [0.25, 0.3) is 5.91 Å². The molecule has 1 heterocycles. The van der Waals surface area contributed by atoms with Gasteiger partial charge < -0.3 is 5.73 Å². The van der Waals surface area contributed by atoms with Gasteiger partial charge in [0.2, 0.25) is 0 Å². The van der Waals surface area contributed by atoms with E-state index in [9.17, 15) is 4.79 Å². The second kappa shape index (κ2) is 2.17. The smallest absolute Gasteiger partial charge is 0.279 e. The van der Waals surface area contributed by atoms with Crippen molar-refractivity contribution in [3.05, 3.63) is 34.9 Å². The number of benzene rings is 1. The molecule has 1 aromatic carbocycles. The Morgan fingerprint density at radius 3 is 2.83 bits per heavy atom. The summed E-state index contributed by atoms with van der Waals surface area (Å²) in [4.78, 5) is 14.8. The molecule has 0 atom stereocenters. The van der Waals surface area contributed by atoms with E-state index in [1.165, 1.54) is 0 Å². The van der Waals surface area contributed by atoms with Gasteiger partial charge in [0.15, 0.2) is 0 Å². The van der Waals surface area contributed by atoms with Gasteiger partial charge in [-0.15, -0.1) is 0 Å². The average Bonchev–Trinajstić information content (AvgIpc) is 2.28. The van der Waals surface area contributed by atoms with Crippen LogP contribution in [0.3, 0.4) is 0 Å². The number of aliphatic imine (C=N–C) groups is 1. The summed E-state index contributed by atoms with van der Waals surface area (Å²) >= 11 is 0. The van der Waals surface area contributed by atoms with Crippen LogP contribution in [0.25, 0.3) is 0 Å². The summed E-state index contributed by atoms with van der Waals surface area (Å²) < 4.78 is 0. The highest BCUT2D eigenvalue weighted by Gasteiger charge is 2.20. The highest BCUT2D eigenvalue weighted by Crippen LogP contribution is 2.17. The summed E-state index contributed by atoms with van der Waals surface area (Å²) in [6.45, 7) is 1.93. The largest absolute Gasteiger partial charge is 0.383 e. The van der Waals surface area contributed by atoms with Gasteiger partial charge in [-0.05, 0) is 13.0 Å². The molecule has 60 valence electrons. The minimum Gasteiger partial charge on any atom is -0.383 e. The standard InChI is InChI=1S/C9H8N2O/c1-5-2-3-6-7(4-5)9(12)11-8(6)10/h2-4H,1H3,(H2,10,11,12). The van der Waals surface area contributed by atoms with Gasteiger partial charge in [0.05, 0.1) is 5.56 Å². The first kappa shape index (κ1) is 7.03. The van der Waals surface area contributed by atoms with Crippen molar-refractivity contribution in [1.29, 1.82) is 0 Å². The lowest BCUT2D eigenvalue weighted by molar-refractivity contribution is 0.101. The van der Waals surface area contributed by atoms with Gasteiger partial charge in [0, 0.05) is 5.56 Å². The zero-order valence-electron chi connectivity index (χ0n) is 6.66. The van der Waals surface area contributed by atoms with Crippen molar-refractivity contribution in [1.82, 2.24) is 0 Å². The van der Waals surface area contributed by atoms with Crippen LogP contribution in [0.15, 0.2) is 23.2 Å². The molecule has 2 N–H and O–H groups in total. The van der Waals surface area contributed by atoms with E-state index >= 15 is 0 Å². The lowest BCUT2D eigenvalue weighted by atomic mass is 10.1. The molecule has 0 saturated carbocycles. The first-order valence-corrected chi connectivity index (χ1v) is 3.68. The minimum atomic E-state index is -0.230. The van der Waals surface area contributed by atoms with Crippen LogP contribution in [0, 0.1) is 6.92 Å². The van der Waals surface area contributed by atoms with Crippen LogP contribution < -0.4 is 5.73 Å². The third kappa shape index (κ3) is 0.830.